The molecule has 0 radical (unpaired) electrons. The first-order valence-electron chi connectivity index (χ1n) is 7.75. The number of hydrogen-bond donors (Lipinski definition) is 0. The average molecular weight is 296 g/mol. The molecule has 0 saturated heterocycles. The summed E-state index contributed by atoms with van der Waals surface area (Å²) in [5.74, 6) is -0.998. The molecule has 0 saturated carbocycles. The first kappa shape index (κ1) is 17.7. The standard InChI is InChI=1S/C17H28O4/c1-10(2)8-20-16(18)14-12(5)7-13(6)15(14)17(19)21-9-11(3)4/h7,10-12,14-15H,8-9H2,1-6H3. The molecule has 0 N–H and O–H groups in total. The van der Waals surface area contributed by atoms with Crippen LogP contribution in [-0.2, 0) is 19.1 Å². The lowest BCUT2D eigenvalue weighted by Gasteiger charge is -2.22. The highest BCUT2D eigenvalue weighted by molar-refractivity contribution is 5.86. The van der Waals surface area contributed by atoms with E-state index in [9.17, 15) is 9.59 Å². The molecule has 0 aromatic rings. The van der Waals surface area contributed by atoms with Crippen LogP contribution in [0.5, 0.6) is 0 Å². The molecule has 1 rings (SSSR count). The van der Waals surface area contributed by atoms with E-state index >= 15 is 0 Å². The minimum atomic E-state index is -0.501. The van der Waals surface area contributed by atoms with Crippen molar-refractivity contribution in [2.75, 3.05) is 13.2 Å². The molecule has 0 bridgehead atoms. The molecular formula is C17H28O4. The predicted molar refractivity (Wildman–Crippen MR) is 81.5 cm³/mol. The second kappa shape index (κ2) is 7.62. The van der Waals surface area contributed by atoms with Gasteiger partial charge in [-0.25, -0.2) is 0 Å². The van der Waals surface area contributed by atoms with Gasteiger partial charge in [0.1, 0.15) is 0 Å². The Morgan fingerprint density at radius 2 is 1.52 bits per heavy atom. The highest BCUT2D eigenvalue weighted by Crippen LogP contribution is 2.38. The maximum absolute atomic E-state index is 12.3. The van der Waals surface area contributed by atoms with Gasteiger partial charge < -0.3 is 9.47 Å². The molecule has 0 amide bonds. The molecule has 0 aliphatic heterocycles. The van der Waals surface area contributed by atoms with Crippen molar-refractivity contribution in [3.63, 3.8) is 0 Å². The van der Waals surface area contributed by atoms with Crippen LogP contribution in [-0.4, -0.2) is 25.2 Å². The van der Waals surface area contributed by atoms with Gasteiger partial charge in [-0.3, -0.25) is 9.59 Å². The molecule has 4 heteroatoms. The van der Waals surface area contributed by atoms with E-state index in [1.165, 1.54) is 0 Å². The summed E-state index contributed by atoms with van der Waals surface area (Å²) in [6, 6.07) is 0. The van der Waals surface area contributed by atoms with Crippen molar-refractivity contribution in [1.29, 1.82) is 0 Å². The van der Waals surface area contributed by atoms with E-state index in [2.05, 4.69) is 0 Å². The predicted octanol–water partition coefficient (Wildman–Crippen LogP) is 3.21. The highest BCUT2D eigenvalue weighted by atomic mass is 16.5. The quantitative estimate of drug-likeness (QED) is 0.558. The number of allylic oxidation sites excluding steroid dienone is 1. The SMILES string of the molecule is CC1=CC(C)C(C(=O)OCC(C)C)C1C(=O)OCC(C)C. The molecule has 0 fully saturated rings. The zero-order valence-corrected chi connectivity index (χ0v) is 14.0. The number of carbonyl (C=O) groups excluding carboxylic acids is 2. The molecule has 4 nitrogen and oxygen atoms in total. The van der Waals surface area contributed by atoms with Crippen LogP contribution in [0.4, 0.5) is 0 Å². The smallest absolute Gasteiger partial charge is 0.313 e. The molecule has 120 valence electrons. The Kier molecular flexibility index (Phi) is 6.43. The lowest BCUT2D eigenvalue weighted by atomic mass is 9.87. The summed E-state index contributed by atoms with van der Waals surface area (Å²) in [7, 11) is 0. The Morgan fingerprint density at radius 3 is 2.00 bits per heavy atom. The van der Waals surface area contributed by atoms with Crippen molar-refractivity contribution in [2.45, 2.75) is 41.5 Å². The van der Waals surface area contributed by atoms with Crippen LogP contribution in [0.15, 0.2) is 11.6 Å². The third kappa shape index (κ3) is 4.87. The van der Waals surface area contributed by atoms with Gasteiger partial charge in [0.15, 0.2) is 0 Å². The van der Waals surface area contributed by atoms with Crippen LogP contribution in [0.1, 0.15) is 41.5 Å². The number of esters is 2. The molecule has 3 atom stereocenters. The Hall–Kier alpha value is -1.32. The molecule has 0 aromatic carbocycles. The molecule has 0 spiro atoms. The van der Waals surface area contributed by atoms with Crippen LogP contribution < -0.4 is 0 Å². The summed E-state index contributed by atoms with van der Waals surface area (Å²) in [6.45, 7) is 12.5. The maximum Gasteiger partial charge on any atom is 0.313 e. The van der Waals surface area contributed by atoms with Gasteiger partial charge in [0.2, 0.25) is 0 Å². The Balaban J connectivity index is 2.76. The summed E-state index contributed by atoms with van der Waals surface area (Å²) >= 11 is 0. The average Bonchev–Trinajstić information content (AvgIpc) is 2.67. The monoisotopic (exact) mass is 296 g/mol. The van der Waals surface area contributed by atoms with Crippen molar-refractivity contribution in [3.05, 3.63) is 11.6 Å². The second-order valence-corrected chi connectivity index (χ2v) is 6.82. The van der Waals surface area contributed by atoms with Gasteiger partial charge in [-0.05, 0) is 24.7 Å². The minimum absolute atomic E-state index is 0.00117. The van der Waals surface area contributed by atoms with Crippen molar-refractivity contribution in [3.8, 4) is 0 Å². The first-order valence-corrected chi connectivity index (χ1v) is 7.75. The second-order valence-electron chi connectivity index (χ2n) is 6.82. The normalized spacial score (nSPS) is 25.1. The fourth-order valence-electron chi connectivity index (χ4n) is 2.58. The Labute approximate surface area is 127 Å². The van der Waals surface area contributed by atoms with E-state index in [0.29, 0.717) is 13.2 Å². The van der Waals surface area contributed by atoms with Gasteiger partial charge in [0, 0.05) is 0 Å². The van der Waals surface area contributed by atoms with E-state index in [4.69, 9.17) is 9.47 Å². The largest absolute Gasteiger partial charge is 0.465 e. The van der Waals surface area contributed by atoms with E-state index < -0.39 is 11.8 Å². The van der Waals surface area contributed by atoms with Crippen LogP contribution in [0.2, 0.25) is 0 Å². The van der Waals surface area contributed by atoms with Crippen molar-refractivity contribution < 1.29 is 19.1 Å². The van der Waals surface area contributed by atoms with Crippen molar-refractivity contribution in [1.82, 2.24) is 0 Å². The number of carbonyl (C=O) groups is 2. The van der Waals surface area contributed by atoms with E-state index in [1.807, 2.05) is 47.6 Å². The van der Waals surface area contributed by atoms with Crippen LogP contribution >= 0.6 is 0 Å². The molecule has 0 heterocycles. The minimum Gasteiger partial charge on any atom is -0.465 e. The summed E-state index contributed by atoms with van der Waals surface area (Å²) in [5.41, 5.74) is 0.905. The Bertz CT molecular complexity index is 409. The van der Waals surface area contributed by atoms with Crippen molar-refractivity contribution >= 4 is 11.9 Å². The van der Waals surface area contributed by atoms with Crippen LogP contribution in [0.3, 0.4) is 0 Å². The summed E-state index contributed by atoms with van der Waals surface area (Å²) in [5, 5.41) is 0. The summed E-state index contributed by atoms with van der Waals surface area (Å²) in [6.07, 6.45) is 1.97. The zero-order chi connectivity index (χ0) is 16.2. The first-order chi connectivity index (χ1) is 9.73. The molecule has 3 unspecified atom stereocenters. The lowest BCUT2D eigenvalue weighted by molar-refractivity contribution is -0.161. The van der Waals surface area contributed by atoms with Gasteiger partial charge in [-0.2, -0.15) is 0 Å². The van der Waals surface area contributed by atoms with Gasteiger partial charge in [0.05, 0.1) is 25.0 Å². The van der Waals surface area contributed by atoms with Gasteiger partial charge >= 0.3 is 11.9 Å². The van der Waals surface area contributed by atoms with E-state index in [-0.39, 0.29) is 29.7 Å². The number of rotatable bonds is 6. The molecule has 1 aliphatic carbocycles. The fraction of sp³-hybridized carbons (Fsp3) is 0.765. The van der Waals surface area contributed by atoms with E-state index in [1.54, 1.807) is 0 Å². The third-order valence-corrected chi connectivity index (χ3v) is 3.59. The number of ether oxygens (including phenoxy) is 2. The summed E-state index contributed by atoms with van der Waals surface area (Å²) in [4.78, 5) is 24.6. The molecule has 1 aliphatic rings. The van der Waals surface area contributed by atoms with Gasteiger partial charge in [-0.15, -0.1) is 0 Å². The topological polar surface area (TPSA) is 52.6 Å². The van der Waals surface area contributed by atoms with Crippen LogP contribution in [0, 0.1) is 29.6 Å². The van der Waals surface area contributed by atoms with Crippen LogP contribution in [0.25, 0.3) is 0 Å². The highest BCUT2D eigenvalue weighted by Gasteiger charge is 2.44. The van der Waals surface area contributed by atoms with E-state index in [0.717, 1.165) is 5.57 Å². The molecular weight excluding hydrogens is 268 g/mol. The molecule has 21 heavy (non-hydrogen) atoms. The maximum atomic E-state index is 12.3. The van der Waals surface area contributed by atoms with Gasteiger partial charge in [0.25, 0.3) is 0 Å². The van der Waals surface area contributed by atoms with Gasteiger partial charge in [-0.1, -0.05) is 46.3 Å². The third-order valence-electron chi connectivity index (χ3n) is 3.59. The summed E-state index contributed by atoms with van der Waals surface area (Å²) < 4.78 is 10.7. The van der Waals surface area contributed by atoms with Crippen molar-refractivity contribution in [2.24, 2.45) is 29.6 Å². The Morgan fingerprint density at radius 1 is 1.05 bits per heavy atom. The fourth-order valence-corrected chi connectivity index (χ4v) is 2.58. The number of hydrogen-bond acceptors (Lipinski definition) is 4. The molecule has 0 aromatic heterocycles. The lowest BCUT2D eigenvalue weighted by Crippen LogP contribution is -2.34. The zero-order valence-electron chi connectivity index (χ0n) is 14.0.